The van der Waals surface area contributed by atoms with Gasteiger partial charge in [-0.05, 0) is 19.3 Å². The fourth-order valence-corrected chi connectivity index (χ4v) is 2.03. The molecule has 0 spiro atoms. The normalized spacial score (nSPS) is 16.9. The van der Waals surface area contributed by atoms with Crippen LogP contribution in [0.3, 0.4) is 0 Å². The van der Waals surface area contributed by atoms with Gasteiger partial charge in [0.05, 0.1) is 6.54 Å². The minimum absolute atomic E-state index is 0.151. The maximum absolute atomic E-state index is 11.4. The van der Waals surface area contributed by atoms with Crippen molar-refractivity contribution in [3.8, 4) is 0 Å². The Morgan fingerprint density at radius 2 is 2.00 bits per heavy atom. The Hall–Kier alpha value is -0.570. The van der Waals surface area contributed by atoms with Crippen molar-refractivity contribution in [1.82, 2.24) is 10.6 Å². The van der Waals surface area contributed by atoms with E-state index in [1.54, 1.807) is 0 Å². The molecule has 0 aromatic rings. The van der Waals surface area contributed by atoms with Crippen molar-refractivity contribution in [3.63, 3.8) is 0 Å². The highest BCUT2D eigenvalue weighted by Gasteiger charge is 2.14. The molecular weight excluding hydrogens is 188 g/mol. The predicted octanol–water partition coefficient (Wildman–Crippen LogP) is 1.82. The van der Waals surface area contributed by atoms with Gasteiger partial charge in [0.1, 0.15) is 0 Å². The van der Waals surface area contributed by atoms with Gasteiger partial charge < -0.3 is 10.6 Å². The van der Waals surface area contributed by atoms with E-state index in [4.69, 9.17) is 0 Å². The van der Waals surface area contributed by atoms with Gasteiger partial charge in [-0.1, -0.05) is 32.6 Å². The molecule has 0 aromatic carbocycles. The highest BCUT2D eigenvalue weighted by molar-refractivity contribution is 5.77. The summed E-state index contributed by atoms with van der Waals surface area (Å²) in [4.78, 5) is 11.4. The first-order valence-corrected chi connectivity index (χ1v) is 6.33. The third kappa shape index (κ3) is 5.78. The molecule has 1 aliphatic carbocycles. The van der Waals surface area contributed by atoms with Crippen molar-refractivity contribution in [2.75, 3.05) is 13.1 Å². The van der Waals surface area contributed by atoms with Crippen molar-refractivity contribution < 1.29 is 4.79 Å². The molecule has 0 heterocycles. The first kappa shape index (κ1) is 12.5. The molecule has 3 heteroatoms. The topological polar surface area (TPSA) is 41.1 Å². The molecule has 0 atom stereocenters. The molecule has 1 aliphatic rings. The second kappa shape index (κ2) is 7.69. The van der Waals surface area contributed by atoms with Gasteiger partial charge in [-0.2, -0.15) is 0 Å². The summed E-state index contributed by atoms with van der Waals surface area (Å²) < 4.78 is 0. The van der Waals surface area contributed by atoms with Gasteiger partial charge >= 0.3 is 0 Å². The average molecular weight is 212 g/mol. The maximum atomic E-state index is 11.4. The molecule has 0 aromatic heterocycles. The van der Waals surface area contributed by atoms with Crippen LogP contribution >= 0.6 is 0 Å². The van der Waals surface area contributed by atoms with E-state index >= 15 is 0 Å². The van der Waals surface area contributed by atoms with Crippen LogP contribution in [0.5, 0.6) is 0 Å². The largest absolute Gasteiger partial charge is 0.355 e. The van der Waals surface area contributed by atoms with Crippen LogP contribution in [0, 0.1) is 0 Å². The van der Waals surface area contributed by atoms with Crippen molar-refractivity contribution in [2.24, 2.45) is 0 Å². The van der Waals surface area contributed by atoms with E-state index in [2.05, 4.69) is 17.6 Å². The number of hydrogen-bond donors (Lipinski definition) is 2. The lowest BCUT2D eigenvalue weighted by Gasteiger charge is -2.11. The zero-order valence-corrected chi connectivity index (χ0v) is 9.85. The fraction of sp³-hybridized carbons (Fsp3) is 0.917. The van der Waals surface area contributed by atoms with Crippen LogP contribution < -0.4 is 10.6 Å². The lowest BCUT2D eigenvalue weighted by atomic mass is 10.2. The summed E-state index contributed by atoms with van der Waals surface area (Å²) in [5, 5.41) is 6.25. The first-order chi connectivity index (χ1) is 7.33. The van der Waals surface area contributed by atoms with Gasteiger partial charge in [0.2, 0.25) is 5.91 Å². The molecule has 1 amide bonds. The molecule has 3 nitrogen and oxygen atoms in total. The van der Waals surface area contributed by atoms with E-state index < -0.39 is 0 Å². The Labute approximate surface area is 93.0 Å². The zero-order chi connectivity index (χ0) is 10.9. The SMILES string of the molecule is CCCCCNC(=O)CNC1CCCC1. The van der Waals surface area contributed by atoms with E-state index in [9.17, 15) is 4.79 Å². The molecule has 0 aliphatic heterocycles. The molecule has 0 saturated heterocycles. The summed E-state index contributed by atoms with van der Waals surface area (Å²) in [5.74, 6) is 0.151. The predicted molar refractivity (Wildman–Crippen MR) is 62.8 cm³/mol. The summed E-state index contributed by atoms with van der Waals surface area (Å²) in [5.41, 5.74) is 0. The van der Waals surface area contributed by atoms with Crippen LogP contribution in [0.15, 0.2) is 0 Å². The molecule has 15 heavy (non-hydrogen) atoms. The van der Waals surface area contributed by atoms with Crippen LogP contribution in [-0.2, 0) is 4.79 Å². The van der Waals surface area contributed by atoms with E-state index in [0.717, 1.165) is 13.0 Å². The molecule has 1 rings (SSSR count). The summed E-state index contributed by atoms with van der Waals surface area (Å²) >= 11 is 0. The monoisotopic (exact) mass is 212 g/mol. The number of nitrogens with one attached hydrogen (secondary N) is 2. The zero-order valence-electron chi connectivity index (χ0n) is 9.85. The maximum Gasteiger partial charge on any atom is 0.233 e. The Morgan fingerprint density at radius 1 is 1.27 bits per heavy atom. The molecule has 88 valence electrons. The Morgan fingerprint density at radius 3 is 2.67 bits per heavy atom. The van der Waals surface area contributed by atoms with Gasteiger partial charge in [-0.15, -0.1) is 0 Å². The van der Waals surface area contributed by atoms with Crippen LogP contribution in [0.2, 0.25) is 0 Å². The van der Waals surface area contributed by atoms with E-state index in [1.165, 1.54) is 38.5 Å². The lowest BCUT2D eigenvalue weighted by Crippen LogP contribution is -2.38. The minimum atomic E-state index is 0.151. The standard InChI is InChI=1S/C12H24N2O/c1-2-3-6-9-13-12(15)10-14-11-7-4-5-8-11/h11,14H,2-10H2,1H3,(H,13,15). The van der Waals surface area contributed by atoms with Crippen molar-refractivity contribution >= 4 is 5.91 Å². The fourth-order valence-electron chi connectivity index (χ4n) is 2.03. The van der Waals surface area contributed by atoms with Gasteiger partial charge in [-0.25, -0.2) is 0 Å². The van der Waals surface area contributed by atoms with Crippen molar-refractivity contribution in [2.45, 2.75) is 57.9 Å². The quantitative estimate of drug-likeness (QED) is 0.632. The summed E-state index contributed by atoms with van der Waals surface area (Å²) in [6.07, 6.45) is 8.62. The summed E-state index contributed by atoms with van der Waals surface area (Å²) in [6, 6.07) is 0.589. The van der Waals surface area contributed by atoms with E-state index in [1.807, 2.05) is 0 Å². The van der Waals surface area contributed by atoms with Crippen LogP contribution in [-0.4, -0.2) is 25.0 Å². The Balaban J connectivity index is 1.93. The molecule has 0 bridgehead atoms. The lowest BCUT2D eigenvalue weighted by molar-refractivity contribution is -0.120. The number of unbranched alkanes of at least 4 members (excludes halogenated alkanes) is 2. The molecule has 2 N–H and O–H groups in total. The number of hydrogen-bond acceptors (Lipinski definition) is 2. The summed E-state index contributed by atoms with van der Waals surface area (Å²) in [7, 11) is 0. The van der Waals surface area contributed by atoms with Crippen LogP contribution in [0.1, 0.15) is 51.9 Å². The third-order valence-corrected chi connectivity index (χ3v) is 3.01. The van der Waals surface area contributed by atoms with Gasteiger partial charge in [-0.3, -0.25) is 4.79 Å². The van der Waals surface area contributed by atoms with Crippen molar-refractivity contribution in [3.05, 3.63) is 0 Å². The highest BCUT2D eigenvalue weighted by Crippen LogP contribution is 2.17. The summed E-state index contributed by atoms with van der Waals surface area (Å²) in [6.45, 7) is 3.50. The number of amides is 1. The second-order valence-corrected chi connectivity index (χ2v) is 4.42. The molecule has 0 radical (unpaired) electrons. The van der Waals surface area contributed by atoms with Gasteiger partial charge in [0.25, 0.3) is 0 Å². The molecule has 0 unspecified atom stereocenters. The van der Waals surface area contributed by atoms with Crippen LogP contribution in [0.25, 0.3) is 0 Å². The van der Waals surface area contributed by atoms with E-state index in [0.29, 0.717) is 12.6 Å². The van der Waals surface area contributed by atoms with Gasteiger partial charge in [0.15, 0.2) is 0 Å². The number of rotatable bonds is 7. The third-order valence-electron chi connectivity index (χ3n) is 3.01. The molecular formula is C12H24N2O. The van der Waals surface area contributed by atoms with Crippen LogP contribution in [0.4, 0.5) is 0 Å². The average Bonchev–Trinajstić information content (AvgIpc) is 2.74. The number of carbonyl (C=O) groups is 1. The molecule has 1 saturated carbocycles. The first-order valence-electron chi connectivity index (χ1n) is 6.33. The second-order valence-electron chi connectivity index (χ2n) is 4.42. The number of carbonyl (C=O) groups excluding carboxylic acids is 1. The van der Waals surface area contributed by atoms with Crippen molar-refractivity contribution in [1.29, 1.82) is 0 Å². The van der Waals surface area contributed by atoms with Gasteiger partial charge in [0, 0.05) is 12.6 Å². The minimum Gasteiger partial charge on any atom is -0.355 e. The molecule has 1 fully saturated rings. The Bertz CT molecular complexity index is 176. The highest BCUT2D eigenvalue weighted by atomic mass is 16.1. The van der Waals surface area contributed by atoms with E-state index in [-0.39, 0.29) is 5.91 Å². The smallest absolute Gasteiger partial charge is 0.233 e. The Kier molecular flexibility index (Phi) is 6.41.